The summed E-state index contributed by atoms with van der Waals surface area (Å²) in [7, 11) is 0. The molecule has 18 aromatic carbocycles. The highest BCUT2D eigenvalue weighted by atomic mass is 15.2. The van der Waals surface area contributed by atoms with E-state index in [-0.39, 0.29) is 0 Å². The number of hydrogen-bond acceptors (Lipinski definition) is 4. The van der Waals surface area contributed by atoms with Gasteiger partial charge in [-0.2, -0.15) is 0 Å². The molecular weight excluding hydrogens is 1330 g/mol. The zero-order valence-electron chi connectivity index (χ0n) is 60.5. The van der Waals surface area contributed by atoms with Crippen LogP contribution in [0.1, 0.15) is 44.5 Å². The molecule has 0 heterocycles. The fourth-order valence-corrected chi connectivity index (χ4v) is 18.1. The third-order valence-corrected chi connectivity index (χ3v) is 22.7. The van der Waals surface area contributed by atoms with Gasteiger partial charge in [0, 0.05) is 73.3 Å². The maximum absolute atomic E-state index is 2.54. The van der Waals surface area contributed by atoms with Gasteiger partial charge in [0.25, 0.3) is 0 Å². The second-order valence-corrected chi connectivity index (χ2v) is 28.6. The quantitative estimate of drug-likeness (QED) is 0.0843. The molecule has 0 saturated carbocycles. The highest BCUT2D eigenvalue weighted by molar-refractivity contribution is 6.22. The monoisotopic (exact) mass is 1400 g/mol. The van der Waals surface area contributed by atoms with Crippen LogP contribution in [0, 0.1) is 0 Å². The van der Waals surface area contributed by atoms with Gasteiger partial charge in [-0.25, -0.2) is 0 Å². The van der Waals surface area contributed by atoms with Crippen molar-refractivity contribution in [3.05, 3.63) is 493 Å². The van der Waals surface area contributed by atoms with Crippen molar-refractivity contribution in [1.29, 1.82) is 0 Å². The Bertz CT molecular complexity index is 6140. The smallest absolute Gasteiger partial charge is 0.0714 e. The lowest BCUT2D eigenvalue weighted by molar-refractivity contribution is 0.768. The minimum atomic E-state index is -0.627. The molecule has 20 rings (SSSR count). The second-order valence-electron chi connectivity index (χ2n) is 28.6. The molecule has 0 spiro atoms. The van der Waals surface area contributed by atoms with Crippen LogP contribution in [0.3, 0.4) is 0 Å². The summed E-state index contributed by atoms with van der Waals surface area (Å²) in [6.45, 7) is 0. The first kappa shape index (κ1) is 65.2. The molecule has 2 aliphatic carbocycles. The van der Waals surface area contributed by atoms with E-state index in [9.17, 15) is 0 Å². The molecule has 0 bridgehead atoms. The maximum Gasteiger partial charge on any atom is 0.0714 e. The number of hydrogen-bond donors (Lipinski definition) is 0. The van der Waals surface area contributed by atoms with Crippen molar-refractivity contribution >= 4 is 89.8 Å². The van der Waals surface area contributed by atoms with Gasteiger partial charge < -0.3 is 19.6 Å². The van der Waals surface area contributed by atoms with Crippen LogP contribution in [0.4, 0.5) is 68.2 Å². The van der Waals surface area contributed by atoms with Gasteiger partial charge in [-0.1, -0.05) is 315 Å². The van der Waals surface area contributed by atoms with Crippen LogP contribution < -0.4 is 19.6 Å². The zero-order valence-corrected chi connectivity index (χ0v) is 60.5. The first-order chi connectivity index (χ1) is 54.6. The highest BCUT2D eigenvalue weighted by Crippen LogP contribution is 2.60. The third kappa shape index (κ3) is 10.7. The number of rotatable bonds is 17. The number of nitrogens with zero attached hydrogens (tertiary/aromatic N) is 4. The third-order valence-electron chi connectivity index (χ3n) is 22.7. The van der Waals surface area contributed by atoms with E-state index in [1.807, 2.05) is 0 Å². The largest absolute Gasteiger partial charge is 0.311 e. The zero-order chi connectivity index (χ0) is 73.0. The highest BCUT2D eigenvalue weighted by Gasteiger charge is 2.48. The van der Waals surface area contributed by atoms with Crippen molar-refractivity contribution in [1.82, 2.24) is 0 Å². The van der Waals surface area contributed by atoms with E-state index in [0.717, 1.165) is 95.4 Å². The SMILES string of the molecule is c1ccc(N(c2ccccc2)c2ccc(N(c3ccc(-c4c5ccccc5c(N(c5ccc(N(c6ccccc6)c6ccccc6)cc5)c5ccc6c(c5)C(c5ccccc5)(c5ccccc5)c5ccccc5-6)c5ccccc45)cc3)c3ccc4c(c3)C(c3ccccc3)(c3ccccc3)c3ccccc3-4)cc2)cc1. The molecule has 4 heteroatoms. The molecule has 4 nitrogen and oxygen atoms in total. The van der Waals surface area contributed by atoms with Gasteiger partial charge in [-0.3, -0.25) is 0 Å². The predicted octanol–water partition coefficient (Wildman–Crippen LogP) is 28.3. The van der Waals surface area contributed by atoms with E-state index >= 15 is 0 Å². The molecule has 0 unspecified atom stereocenters. The van der Waals surface area contributed by atoms with E-state index in [4.69, 9.17) is 0 Å². The Kier molecular flexibility index (Phi) is 16.3. The molecule has 0 N–H and O–H groups in total. The van der Waals surface area contributed by atoms with Crippen LogP contribution in [0.25, 0.3) is 54.9 Å². The van der Waals surface area contributed by atoms with Gasteiger partial charge in [0.15, 0.2) is 0 Å². The Morgan fingerprint density at radius 1 is 0.155 bits per heavy atom. The van der Waals surface area contributed by atoms with Crippen molar-refractivity contribution in [2.24, 2.45) is 0 Å². The minimum absolute atomic E-state index is 0.601. The van der Waals surface area contributed by atoms with Crippen molar-refractivity contribution in [3.8, 4) is 33.4 Å². The predicted molar refractivity (Wildman–Crippen MR) is 460 cm³/mol. The lowest BCUT2D eigenvalue weighted by atomic mass is 9.67. The molecule has 518 valence electrons. The normalized spacial score (nSPS) is 12.7. The summed E-state index contributed by atoms with van der Waals surface area (Å²) < 4.78 is 0. The van der Waals surface area contributed by atoms with E-state index in [2.05, 4.69) is 469 Å². The number of benzene rings is 18. The molecular formula is C106H74N4. The second kappa shape index (κ2) is 27.5. The first-order valence-corrected chi connectivity index (χ1v) is 38.0. The fraction of sp³-hybridized carbons (Fsp3) is 0.0189. The molecule has 2 aliphatic rings. The van der Waals surface area contributed by atoms with Gasteiger partial charge >= 0.3 is 0 Å². The van der Waals surface area contributed by atoms with Crippen molar-refractivity contribution in [3.63, 3.8) is 0 Å². The van der Waals surface area contributed by atoms with Crippen molar-refractivity contribution in [2.45, 2.75) is 10.8 Å². The Hall–Kier alpha value is -14.3. The summed E-state index contributed by atoms with van der Waals surface area (Å²) in [5, 5.41) is 4.56. The summed E-state index contributed by atoms with van der Waals surface area (Å²) in [5.41, 5.74) is 28.7. The van der Waals surface area contributed by atoms with E-state index in [0.29, 0.717) is 0 Å². The summed E-state index contributed by atoms with van der Waals surface area (Å²) in [5.74, 6) is 0. The van der Waals surface area contributed by atoms with E-state index < -0.39 is 10.8 Å². The molecule has 0 radical (unpaired) electrons. The van der Waals surface area contributed by atoms with E-state index in [1.165, 1.54) is 72.3 Å². The molecule has 18 aromatic rings. The molecule has 0 fully saturated rings. The maximum atomic E-state index is 2.54. The first-order valence-electron chi connectivity index (χ1n) is 38.0. The summed E-state index contributed by atoms with van der Waals surface area (Å²) in [6.07, 6.45) is 0. The van der Waals surface area contributed by atoms with Crippen LogP contribution in [0.15, 0.2) is 449 Å². The summed E-state index contributed by atoms with van der Waals surface area (Å²) in [6, 6.07) is 166. The van der Waals surface area contributed by atoms with Crippen LogP contribution in [0.2, 0.25) is 0 Å². The van der Waals surface area contributed by atoms with Gasteiger partial charge in [0.2, 0.25) is 0 Å². The van der Waals surface area contributed by atoms with Gasteiger partial charge in [0.1, 0.15) is 0 Å². The summed E-state index contributed by atoms with van der Waals surface area (Å²) >= 11 is 0. The average molecular weight is 1400 g/mol. The molecule has 0 aromatic heterocycles. The van der Waals surface area contributed by atoms with Gasteiger partial charge in [0.05, 0.1) is 16.5 Å². The fourth-order valence-electron chi connectivity index (χ4n) is 18.1. The Labute approximate surface area is 642 Å². The molecule has 0 aliphatic heterocycles. The molecule has 0 atom stereocenters. The Balaban J connectivity index is 0.777. The molecule has 0 saturated heterocycles. The lowest BCUT2D eigenvalue weighted by Gasteiger charge is -2.35. The van der Waals surface area contributed by atoms with E-state index in [1.54, 1.807) is 0 Å². The average Bonchev–Trinajstić information content (AvgIpc) is 1.52. The van der Waals surface area contributed by atoms with Crippen LogP contribution in [-0.2, 0) is 10.8 Å². The van der Waals surface area contributed by atoms with Crippen LogP contribution in [-0.4, -0.2) is 0 Å². The number of para-hydroxylation sites is 4. The molecule has 0 amide bonds. The van der Waals surface area contributed by atoms with Gasteiger partial charge in [-0.05, 0) is 222 Å². The van der Waals surface area contributed by atoms with Crippen LogP contribution in [0.5, 0.6) is 0 Å². The minimum Gasteiger partial charge on any atom is -0.311 e. The standard InChI is InChI=1S/C106H74N4/c1-9-33-76(34-10-1)105(77-35-11-2-12-36-77)99-55-31-29-49-91(99)93-71-69-89(73-101(93)105)109(87-63-61-85(62-64-87)107(80-41-17-5-18-42-80)81-43-19-6-20-44-81)84-59-57-75(58-60-84)103-95-51-25-27-53-97(95)104(98-54-28-26-52-96(98)103)110(88-67-65-86(66-68-88)108(82-45-21-7-22-46-82)83-47-23-8-24-48-83)90-70-72-94-92-50-30-32-56-100(92)106(102(94)74-90,78-37-13-3-14-38-78)79-39-15-4-16-40-79/h1-74H. The van der Waals surface area contributed by atoms with Gasteiger partial charge in [-0.15, -0.1) is 0 Å². The Morgan fingerprint density at radius 3 is 0.718 bits per heavy atom. The van der Waals surface area contributed by atoms with Crippen molar-refractivity contribution < 1.29 is 0 Å². The molecule has 110 heavy (non-hydrogen) atoms. The topological polar surface area (TPSA) is 13.0 Å². The number of anilines is 12. The van der Waals surface area contributed by atoms with Crippen LogP contribution >= 0.6 is 0 Å². The number of fused-ring (bicyclic) bond motifs is 8. The van der Waals surface area contributed by atoms with Crippen molar-refractivity contribution in [2.75, 3.05) is 19.6 Å². The Morgan fingerprint density at radius 2 is 0.382 bits per heavy atom. The lowest BCUT2D eigenvalue weighted by Crippen LogP contribution is -2.28. The summed E-state index contributed by atoms with van der Waals surface area (Å²) in [4.78, 5) is 9.67.